The zero-order valence-corrected chi connectivity index (χ0v) is 16.2. The van der Waals surface area contributed by atoms with Crippen LogP contribution >= 0.6 is 11.6 Å². The molecule has 6 heteroatoms. The lowest BCUT2D eigenvalue weighted by Gasteiger charge is -2.19. The Kier molecular flexibility index (Phi) is 8.82. The standard InChI is InChI=1S/C20H25ClF2O3/c1-6-13(5)15(16(21)7-2)11-17(24)14-8-9-18(26-20(22)23)19(10-14)25-12(3)4/h6-10,12,17,20,24H,2,11H2,1,3-5H3/b13-6-,16-15+/t17-/m0/s1. The summed E-state index contributed by atoms with van der Waals surface area (Å²) >= 11 is 6.20. The highest BCUT2D eigenvalue weighted by molar-refractivity contribution is 6.31. The number of aliphatic hydroxyl groups is 1. The minimum atomic E-state index is -2.96. The molecule has 0 radical (unpaired) electrons. The Morgan fingerprint density at radius 3 is 2.42 bits per heavy atom. The van der Waals surface area contributed by atoms with Crippen LogP contribution < -0.4 is 9.47 Å². The van der Waals surface area contributed by atoms with Gasteiger partial charge in [0.2, 0.25) is 0 Å². The molecule has 0 heterocycles. The monoisotopic (exact) mass is 386 g/mol. The zero-order valence-electron chi connectivity index (χ0n) is 15.4. The lowest BCUT2D eigenvalue weighted by atomic mass is 9.96. The highest BCUT2D eigenvalue weighted by atomic mass is 35.5. The van der Waals surface area contributed by atoms with Crippen molar-refractivity contribution in [3.8, 4) is 11.5 Å². The average molecular weight is 387 g/mol. The van der Waals surface area contributed by atoms with Gasteiger partial charge >= 0.3 is 6.61 Å². The lowest BCUT2D eigenvalue weighted by molar-refractivity contribution is -0.0519. The first kappa shape index (κ1) is 22.2. The zero-order chi connectivity index (χ0) is 19.9. The van der Waals surface area contributed by atoms with Gasteiger partial charge in [0.1, 0.15) is 0 Å². The molecule has 0 amide bonds. The first-order valence-electron chi connectivity index (χ1n) is 8.27. The quantitative estimate of drug-likeness (QED) is 0.518. The van der Waals surface area contributed by atoms with E-state index in [2.05, 4.69) is 11.3 Å². The molecule has 0 bridgehead atoms. The highest BCUT2D eigenvalue weighted by Crippen LogP contribution is 2.35. The number of hydrogen-bond acceptors (Lipinski definition) is 3. The van der Waals surface area contributed by atoms with Crippen LogP contribution in [0.4, 0.5) is 8.78 Å². The number of allylic oxidation sites excluding steroid dienone is 4. The smallest absolute Gasteiger partial charge is 0.387 e. The number of aliphatic hydroxyl groups excluding tert-OH is 1. The van der Waals surface area contributed by atoms with Gasteiger partial charge in [0.05, 0.1) is 12.2 Å². The van der Waals surface area contributed by atoms with E-state index in [-0.39, 0.29) is 24.0 Å². The second kappa shape index (κ2) is 10.3. The Morgan fingerprint density at radius 2 is 1.92 bits per heavy atom. The van der Waals surface area contributed by atoms with E-state index in [1.807, 2.05) is 19.9 Å². The third kappa shape index (κ3) is 6.46. The molecule has 26 heavy (non-hydrogen) atoms. The Hall–Kier alpha value is -1.85. The normalized spacial score (nSPS) is 14.3. The average Bonchev–Trinajstić information content (AvgIpc) is 2.58. The Balaban J connectivity index is 3.19. The van der Waals surface area contributed by atoms with Crippen molar-refractivity contribution in [2.24, 2.45) is 0 Å². The molecule has 1 aromatic rings. The van der Waals surface area contributed by atoms with Crippen molar-refractivity contribution in [2.45, 2.75) is 52.9 Å². The van der Waals surface area contributed by atoms with Crippen molar-refractivity contribution < 1.29 is 23.4 Å². The summed E-state index contributed by atoms with van der Waals surface area (Å²) in [6.07, 6.45) is 2.52. The van der Waals surface area contributed by atoms with Crippen LogP contribution in [0.2, 0.25) is 0 Å². The van der Waals surface area contributed by atoms with E-state index in [1.165, 1.54) is 24.3 Å². The van der Waals surface area contributed by atoms with Gasteiger partial charge in [-0.3, -0.25) is 0 Å². The van der Waals surface area contributed by atoms with Crippen LogP contribution in [0.3, 0.4) is 0 Å². The van der Waals surface area contributed by atoms with Gasteiger partial charge in [0.15, 0.2) is 11.5 Å². The number of benzene rings is 1. The second-order valence-electron chi connectivity index (χ2n) is 5.97. The van der Waals surface area contributed by atoms with Gasteiger partial charge in [-0.2, -0.15) is 8.78 Å². The Bertz CT molecular complexity index is 682. The van der Waals surface area contributed by atoms with E-state index in [4.69, 9.17) is 16.3 Å². The molecule has 0 aromatic heterocycles. The van der Waals surface area contributed by atoms with Crippen LogP contribution in [0, 0.1) is 0 Å². The van der Waals surface area contributed by atoms with Crippen molar-refractivity contribution in [3.05, 3.63) is 58.7 Å². The number of ether oxygens (including phenoxy) is 2. The van der Waals surface area contributed by atoms with Gasteiger partial charge in [-0.1, -0.05) is 42.0 Å². The van der Waals surface area contributed by atoms with Gasteiger partial charge in [-0.05, 0) is 51.0 Å². The molecule has 0 aliphatic carbocycles. The van der Waals surface area contributed by atoms with Gasteiger partial charge in [-0.25, -0.2) is 0 Å². The van der Waals surface area contributed by atoms with Gasteiger partial charge in [0, 0.05) is 11.5 Å². The third-order valence-corrected chi connectivity index (χ3v) is 4.09. The molecular formula is C20H25ClF2O3. The van der Waals surface area contributed by atoms with Gasteiger partial charge in [0.25, 0.3) is 0 Å². The Morgan fingerprint density at radius 1 is 1.27 bits per heavy atom. The van der Waals surface area contributed by atoms with Crippen LogP contribution in [0.15, 0.2) is 53.1 Å². The minimum absolute atomic E-state index is 0.0748. The minimum Gasteiger partial charge on any atom is -0.487 e. The molecule has 0 spiro atoms. The van der Waals surface area contributed by atoms with Crippen molar-refractivity contribution in [1.29, 1.82) is 0 Å². The molecule has 3 nitrogen and oxygen atoms in total. The molecule has 1 rings (SSSR count). The molecule has 1 aromatic carbocycles. The first-order chi connectivity index (χ1) is 12.2. The molecule has 0 fully saturated rings. The van der Waals surface area contributed by atoms with Crippen molar-refractivity contribution >= 4 is 11.6 Å². The largest absolute Gasteiger partial charge is 0.487 e. The molecular weight excluding hydrogens is 362 g/mol. The molecule has 144 valence electrons. The summed E-state index contributed by atoms with van der Waals surface area (Å²) < 4.78 is 35.1. The van der Waals surface area contributed by atoms with Crippen LogP contribution in [0.5, 0.6) is 11.5 Å². The number of alkyl halides is 2. The Labute approximate surface area is 158 Å². The van der Waals surface area contributed by atoms with E-state index in [9.17, 15) is 13.9 Å². The lowest BCUT2D eigenvalue weighted by Crippen LogP contribution is -2.10. The van der Waals surface area contributed by atoms with E-state index in [1.54, 1.807) is 13.8 Å². The summed E-state index contributed by atoms with van der Waals surface area (Å²) in [6, 6.07) is 4.40. The summed E-state index contributed by atoms with van der Waals surface area (Å²) in [5, 5.41) is 11.1. The molecule has 0 saturated heterocycles. The SMILES string of the molecule is C=C/C(Cl)=C(C[C@H](O)c1ccc(OC(F)F)c(OC(C)C)c1)\C(C)=C/C. The summed E-state index contributed by atoms with van der Waals surface area (Å²) in [4.78, 5) is 0. The molecule has 0 unspecified atom stereocenters. The van der Waals surface area contributed by atoms with Gasteiger partial charge < -0.3 is 14.6 Å². The summed E-state index contributed by atoms with van der Waals surface area (Å²) in [5.74, 6) is 0.0779. The van der Waals surface area contributed by atoms with Crippen LogP contribution in [-0.2, 0) is 0 Å². The number of halogens is 3. The van der Waals surface area contributed by atoms with Crippen LogP contribution in [-0.4, -0.2) is 17.8 Å². The molecule has 0 aliphatic rings. The van der Waals surface area contributed by atoms with Crippen LogP contribution in [0.1, 0.15) is 45.8 Å². The molecule has 0 saturated carbocycles. The van der Waals surface area contributed by atoms with Crippen molar-refractivity contribution in [3.63, 3.8) is 0 Å². The maximum Gasteiger partial charge on any atom is 0.387 e. The molecule has 0 aliphatic heterocycles. The van der Waals surface area contributed by atoms with E-state index < -0.39 is 12.7 Å². The van der Waals surface area contributed by atoms with Gasteiger partial charge in [-0.15, -0.1) is 0 Å². The van der Waals surface area contributed by atoms with Crippen LogP contribution in [0.25, 0.3) is 0 Å². The fourth-order valence-electron chi connectivity index (χ4n) is 2.33. The number of rotatable bonds is 9. The maximum absolute atomic E-state index is 12.6. The first-order valence-corrected chi connectivity index (χ1v) is 8.65. The van der Waals surface area contributed by atoms with Crippen molar-refractivity contribution in [2.75, 3.05) is 0 Å². The van der Waals surface area contributed by atoms with E-state index in [0.29, 0.717) is 10.6 Å². The highest BCUT2D eigenvalue weighted by Gasteiger charge is 2.18. The summed E-state index contributed by atoms with van der Waals surface area (Å²) in [5.41, 5.74) is 2.19. The second-order valence-corrected chi connectivity index (χ2v) is 6.38. The third-order valence-electron chi connectivity index (χ3n) is 3.71. The predicted octanol–water partition coefficient (Wildman–Crippen LogP) is 6.14. The summed E-state index contributed by atoms with van der Waals surface area (Å²) in [6.45, 7) is 8.01. The predicted molar refractivity (Wildman–Crippen MR) is 101 cm³/mol. The maximum atomic E-state index is 12.6. The fraction of sp³-hybridized carbons (Fsp3) is 0.400. The van der Waals surface area contributed by atoms with Crippen molar-refractivity contribution in [1.82, 2.24) is 0 Å². The number of hydrogen-bond donors (Lipinski definition) is 1. The van der Waals surface area contributed by atoms with E-state index in [0.717, 1.165) is 11.1 Å². The topological polar surface area (TPSA) is 38.7 Å². The van der Waals surface area contributed by atoms with E-state index >= 15 is 0 Å². The fourth-order valence-corrected chi connectivity index (χ4v) is 2.55. The summed E-state index contributed by atoms with van der Waals surface area (Å²) in [7, 11) is 0. The molecule has 1 N–H and O–H groups in total. The molecule has 1 atom stereocenters.